The molecule has 0 aromatic heterocycles. The van der Waals surface area contributed by atoms with Gasteiger partial charge in [-0.25, -0.2) is 0 Å². The third-order valence-corrected chi connectivity index (χ3v) is 3.99. The quantitative estimate of drug-likeness (QED) is 0.577. The normalized spacial score (nSPS) is 36.4. The van der Waals surface area contributed by atoms with Crippen LogP contribution in [0.4, 0.5) is 0 Å². The van der Waals surface area contributed by atoms with E-state index >= 15 is 0 Å². The number of hydrogen-bond acceptors (Lipinski definition) is 1. The molecule has 2 aliphatic rings. The maximum Gasteiger partial charge on any atom is 0.0113 e. The largest absolute Gasteiger partial charge is 0.158 e. The molecule has 0 bridgehead atoms. The molecule has 0 radical (unpaired) electrons. The first-order chi connectivity index (χ1) is 5.47. The summed E-state index contributed by atoms with van der Waals surface area (Å²) in [5.41, 5.74) is 0. The molecular weight excluding hydrogens is 152 g/mol. The Labute approximate surface area is 72.8 Å². The van der Waals surface area contributed by atoms with Crippen LogP contribution >= 0.6 is 11.8 Å². The van der Waals surface area contributed by atoms with Crippen LogP contribution < -0.4 is 0 Å². The zero-order valence-corrected chi connectivity index (χ0v) is 7.52. The van der Waals surface area contributed by atoms with E-state index in [9.17, 15) is 0 Å². The van der Waals surface area contributed by atoms with Crippen molar-refractivity contribution in [3.63, 3.8) is 0 Å². The van der Waals surface area contributed by atoms with Crippen molar-refractivity contribution in [2.45, 2.75) is 24.5 Å². The first kappa shape index (κ1) is 7.48. The minimum Gasteiger partial charge on any atom is -0.158 e. The van der Waals surface area contributed by atoms with Crippen molar-refractivity contribution in [3.8, 4) is 0 Å². The van der Waals surface area contributed by atoms with Crippen LogP contribution in [-0.4, -0.2) is 11.0 Å². The highest BCUT2D eigenvalue weighted by molar-refractivity contribution is 8.00. The summed E-state index contributed by atoms with van der Waals surface area (Å²) >= 11 is 2.16. The molecule has 2 rings (SSSR count). The van der Waals surface area contributed by atoms with E-state index in [0.29, 0.717) is 0 Å². The van der Waals surface area contributed by atoms with Crippen molar-refractivity contribution in [2.24, 2.45) is 5.92 Å². The maximum absolute atomic E-state index is 2.38. The third kappa shape index (κ3) is 1.70. The van der Waals surface area contributed by atoms with Crippen LogP contribution in [0.2, 0.25) is 0 Å². The second-order valence-electron chi connectivity index (χ2n) is 3.26. The van der Waals surface area contributed by atoms with Crippen molar-refractivity contribution < 1.29 is 0 Å². The van der Waals surface area contributed by atoms with Crippen LogP contribution in [0.1, 0.15) is 19.3 Å². The van der Waals surface area contributed by atoms with Gasteiger partial charge >= 0.3 is 0 Å². The van der Waals surface area contributed by atoms with Gasteiger partial charge in [-0.3, -0.25) is 0 Å². The summed E-state index contributed by atoms with van der Waals surface area (Å²) in [6, 6.07) is 0. The van der Waals surface area contributed by atoms with E-state index in [1.807, 2.05) is 0 Å². The summed E-state index contributed by atoms with van der Waals surface area (Å²) in [6.45, 7) is 0. The Morgan fingerprint density at radius 3 is 2.91 bits per heavy atom. The van der Waals surface area contributed by atoms with Crippen LogP contribution in [0.3, 0.4) is 0 Å². The standard InChI is InChI=1S/C10H14S/c1-2-5-9(6-3-1)10-7-4-8-11-10/h1-3,5,9-10H,4,6-8H2. The maximum atomic E-state index is 2.38. The van der Waals surface area contributed by atoms with Crippen molar-refractivity contribution in [1.29, 1.82) is 0 Å². The fourth-order valence-electron chi connectivity index (χ4n) is 1.82. The average Bonchev–Trinajstić information content (AvgIpc) is 2.58. The highest BCUT2D eigenvalue weighted by atomic mass is 32.2. The van der Waals surface area contributed by atoms with Gasteiger partial charge in [0.2, 0.25) is 0 Å². The van der Waals surface area contributed by atoms with E-state index in [4.69, 9.17) is 0 Å². The molecule has 0 aromatic rings. The molecule has 11 heavy (non-hydrogen) atoms. The Bertz CT molecular complexity index is 175. The van der Waals surface area contributed by atoms with Gasteiger partial charge in [0, 0.05) is 5.25 Å². The van der Waals surface area contributed by atoms with Gasteiger partial charge in [0.25, 0.3) is 0 Å². The highest BCUT2D eigenvalue weighted by Crippen LogP contribution is 2.35. The highest BCUT2D eigenvalue weighted by Gasteiger charge is 2.23. The number of allylic oxidation sites excluding steroid dienone is 4. The number of hydrogen-bond donors (Lipinski definition) is 0. The van der Waals surface area contributed by atoms with E-state index in [2.05, 4.69) is 36.1 Å². The van der Waals surface area contributed by atoms with Gasteiger partial charge in [-0.05, 0) is 30.9 Å². The fraction of sp³-hybridized carbons (Fsp3) is 0.600. The molecule has 0 nitrogen and oxygen atoms in total. The Kier molecular flexibility index (Phi) is 2.37. The zero-order chi connectivity index (χ0) is 7.52. The molecule has 0 amide bonds. The van der Waals surface area contributed by atoms with Crippen molar-refractivity contribution >= 4 is 11.8 Å². The van der Waals surface area contributed by atoms with E-state index in [1.165, 1.54) is 25.0 Å². The Balaban J connectivity index is 1.94. The Morgan fingerprint density at radius 2 is 2.27 bits per heavy atom. The van der Waals surface area contributed by atoms with Crippen LogP contribution in [0.15, 0.2) is 24.3 Å². The van der Waals surface area contributed by atoms with Gasteiger partial charge in [-0.1, -0.05) is 24.3 Å². The summed E-state index contributed by atoms with van der Waals surface area (Å²) in [5, 5.41) is 0.927. The molecule has 60 valence electrons. The topological polar surface area (TPSA) is 0 Å². The molecular formula is C10H14S. The van der Waals surface area contributed by atoms with Crippen LogP contribution in [-0.2, 0) is 0 Å². The first-order valence-electron chi connectivity index (χ1n) is 4.42. The molecule has 1 heterocycles. The summed E-state index contributed by atoms with van der Waals surface area (Å²) in [7, 11) is 0. The lowest BCUT2D eigenvalue weighted by molar-refractivity contribution is 0.594. The molecule has 1 heteroatoms. The Morgan fingerprint density at radius 1 is 1.27 bits per heavy atom. The molecule has 0 saturated carbocycles. The molecule has 1 aliphatic heterocycles. The zero-order valence-electron chi connectivity index (χ0n) is 6.70. The first-order valence-corrected chi connectivity index (χ1v) is 5.46. The van der Waals surface area contributed by atoms with Gasteiger partial charge in [-0.15, -0.1) is 0 Å². The van der Waals surface area contributed by atoms with Crippen LogP contribution in [0, 0.1) is 5.92 Å². The predicted octanol–water partition coefficient (Wildman–Crippen LogP) is 3.01. The summed E-state index contributed by atoms with van der Waals surface area (Å²) in [5.74, 6) is 2.23. The second kappa shape index (κ2) is 3.48. The van der Waals surface area contributed by atoms with Gasteiger partial charge in [0.15, 0.2) is 0 Å². The number of rotatable bonds is 1. The van der Waals surface area contributed by atoms with Crippen molar-refractivity contribution in [3.05, 3.63) is 24.3 Å². The van der Waals surface area contributed by atoms with Gasteiger partial charge in [0.05, 0.1) is 0 Å². The van der Waals surface area contributed by atoms with Gasteiger partial charge < -0.3 is 0 Å². The minimum atomic E-state index is 0.840. The molecule has 0 aromatic carbocycles. The average molecular weight is 166 g/mol. The summed E-state index contributed by atoms with van der Waals surface area (Å²) in [4.78, 5) is 0. The predicted molar refractivity (Wildman–Crippen MR) is 51.9 cm³/mol. The van der Waals surface area contributed by atoms with Gasteiger partial charge in [0.1, 0.15) is 0 Å². The fourth-order valence-corrected chi connectivity index (χ4v) is 3.23. The number of thioether (sulfide) groups is 1. The molecule has 1 aliphatic carbocycles. The van der Waals surface area contributed by atoms with Gasteiger partial charge in [-0.2, -0.15) is 11.8 Å². The summed E-state index contributed by atoms with van der Waals surface area (Å²) in [6.07, 6.45) is 13.2. The molecule has 0 N–H and O–H groups in total. The van der Waals surface area contributed by atoms with Crippen molar-refractivity contribution in [2.75, 3.05) is 5.75 Å². The molecule has 1 fully saturated rings. The minimum absolute atomic E-state index is 0.840. The lowest BCUT2D eigenvalue weighted by Gasteiger charge is -2.18. The smallest absolute Gasteiger partial charge is 0.0113 e. The van der Waals surface area contributed by atoms with Crippen LogP contribution in [0.25, 0.3) is 0 Å². The van der Waals surface area contributed by atoms with E-state index in [-0.39, 0.29) is 0 Å². The lowest BCUT2D eigenvalue weighted by atomic mass is 9.95. The summed E-state index contributed by atoms with van der Waals surface area (Å²) < 4.78 is 0. The lowest BCUT2D eigenvalue weighted by Crippen LogP contribution is -2.12. The molecule has 2 atom stereocenters. The van der Waals surface area contributed by atoms with E-state index in [0.717, 1.165) is 11.2 Å². The molecule has 1 saturated heterocycles. The third-order valence-electron chi connectivity index (χ3n) is 2.46. The van der Waals surface area contributed by atoms with E-state index < -0.39 is 0 Å². The molecule has 2 unspecified atom stereocenters. The van der Waals surface area contributed by atoms with Crippen molar-refractivity contribution in [1.82, 2.24) is 0 Å². The monoisotopic (exact) mass is 166 g/mol. The van der Waals surface area contributed by atoms with E-state index in [1.54, 1.807) is 0 Å². The Hall–Kier alpha value is -0.170. The second-order valence-corrected chi connectivity index (χ2v) is 4.61. The van der Waals surface area contributed by atoms with Crippen LogP contribution in [0.5, 0.6) is 0 Å². The SMILES string of the molecule is C1=CCC(C2CCCS2)C=C1. The molecule has 0 spiro atoms.